The van der Waals surface area contributed by atoms with Crippen LogP contribution in [0.1, 0.15) is 16.7 Å². The molecule has 1 saturated heterocycles. The molecule has 1 atom stereocenters. The summed E-state index contributed by atoms with van der Waals surface area (Å²) in [5, 5.41) is 2.62. The van der Waals surface area contributed by atoms with Gasteiger partial charge < -0.3 is 15.0 Å². The fourth-order valence-electron chi connectivity index (χ4n) is 2.93. The van der Waals surface area contributed by atoms with E-state index in [0.717, 1.165) is 29.3 Å². The molecule has 0 radical (unpaired) electrons. The van der Waals surface area contributed by atoms with Crippen LogP contribution >= 0.6 is 0 Å². The molecule has 1 N–H and O–H groups in total. The fraction of sp³-hybridized carbons (Fsp3) is 0.300. The van der Waals surface area contributed by atoms with Crippen LogP contribution in [0.5, 0.6) is 0 Å². The summed E-state index contributed by atoms with van der Waals surface area (Å²) in [4.78, 5) is 26.3. The molecule has 1 heterocycles. The first kappa shape index (κ1) is 19.0. The van der Waals surface area contributed by atoms with Crippen molar-refractivity contribution in [3.8, 4) is 0 Å². The third kappa shape index (κ3) is 4.89. The van der Waals surface area contributed by atoms with Crippen molar-refractivity contribution in [2.24, 2.45) is 0 Å². The summed E-state index contributed by atoms with van der Waals surface area (Å²) in [5.41, 5.74) is 2.30. The van der Waals surface area contributed by atoms with E-state index in [1.165, 1.54) is 4.90 Å². The van der Waals surface area contributed by atoms with E-state index in [4.69, 9.17) is 4.74 Å². The van der Waals surface area contributed by atoms with E-state index >= 15 is 0 Å². The molecule has 0 aromatic heterocycles. The molecule has 2 amide bonds. The Morgan fingerprint density at radius 1 is 1.15 bits per heavy atom. The number of halogens is 2. The van der Waals surface area contributed by atoms with Crippen molar-refractivity contribution in [1.29, 1.82) is 0 Å². The van der Waals surface area contributed by atoms with Crippen LogP contribution in [0.3, 0.4) is 0 Å². The van der Waals surface area contributed by atoms with E-state index in [0.29, 0.717) is 5.56 Å². The minimum absolute atomic E-state index is 0.0451. The number of benzene rings is 2. The van der Waals surface area contributed by atoms with Crippen molar-refractivity contribution < 1.29 is 23.1 Å². The van der Waals surface area contributed by atoms with Crippen molar-refractivity contribution in [2.75, 3.05) is 13.2 Å². The zero-order chi connectivity index (χ0) is 19.4. The molecule has 2 aromatic carbocycles. The Kier molecular flexibility index (Phi) is 5.81. The molecule has 1 fully saturated rings. The topological polar surface area (TPSA) is 58.6 Å². The smallest absolute Gasteiger partial charge is 0.249 e. The fourth-order valence-corrected chi connectivity index (χ4v) is 2.93. The average molecular weight is 374 g/mol. The number of rotatable bonds is 5. The van der Waals surface area contributed by atoms with E-state index in [-0.39, 0.29) is 32.2 Å². The molecule has 27 heavy (non-hydrogen) atoms. The Bertz CT molecular complexity index is 819. The highest BCUT2D eigenvalue weighted by atomic mass is 19.1. The Balaban J connectivity index is 1.68. The lowest BCUT2D eigenvalue weighted by Crippen LogP contribution is -2.55. The van der Waals surface area contributed by atoms with Crippen molar-refractivity contribution >= 4 is 11.8 Å². The third-order valence-corrected chi connectivity index (χ3v) is 4.36. The minimum Gasteiger partial charge on any atom is -0.369 e. The van der Waals surface area contributed by atoms with Gasteiger partial charge in [0.05, 0.1) is 6.61 Å². The van der Waals surface area contributed by atoms with Gasteiger partial charge in [-0.3, -0.25) is 9.59 Å². The molecule has 1 aliphatic heterocycles. The molecule has 3 rings (SSSR count). The normalized spacial score (nSPS) is 17.1. The highest BCUT2D eigenvalue weighted by Crippen LogP contribution is 2.15. The first-order chi connectivity index (χ1) is 12.9. The second-order valence-electron chi connectivity index (χ2n) is 6.53. The van der Waals surface area contributed by atoms with Crippen molar-refractivity contribution in [3.05, 3.63) is 70.8 Å². The van der Waals surface area contributed by atoms with Crippen LogP contribution in [-0.2, 0) is 27.4 Å². The number of nitrogens with zero attached hydrogens (tertiary/aromatic N) is 1. The summed E-state index contributed by atoms with van der Waals surface area (Å²) in [6.45, 7) is 2.20. The molecule has 7 heteroatoms. The monoisotopic (exact) mass is 374 g/mol. The first-order valence-corrected chi connectivity index (χ1v) is 8.58. The van der Waals surface area contributed by atoms with Crippen LogP contribution in [0.25, 0.3) is 0 Å². The summed E-state index contributed by atoms with van der Waals surface area (Å²) in [5.74, 6) is -2.13. The molecule has 5 nitrogen and oxygen atoms in total. The first-order valence-electron chi connectivity index (χ1n) is 8.58. The molecule has 0 aliphatic carbocycles. The number of morpholine rings is 1. The van der Waals surface area contributed by atoms with Gasteiger partial charge in [0.2, 0.25) is 11.8 Å². The number of carbonyl (C=O) groups excluding carboxylic acids is 2. The number of hydrogen-bond donors (Lipinski definition) is 1. The molecule has 142 valence electrons. The highest BCUT2D eigenvalue weighted by molar-refractivity contribution is 5.89. The van der Waals surface area contributed by atoms with Crippen LogP contribution in [-0.4, -0.2) is 36.0 Å². The summed E-state index contributed by atoms with van der Waals surface area (Å²) < 4.78 is 31.8. The SMILES string of the molecule is Cc1ccc(CN2C(=O)COC[C@H]2C(=O)NCc2cc(F)cc(F)c2)cc1. The summed E-state index contributed by atoms with van der Waals surface area (Å²) in [6, 6.07) is 9.95. The van der Waals surface area contributed by atoms with E-state index in [1.54, 1.807) is 0 Å². The van der Waals surface area contributed by atoms with E-state index in [1.807, 2.05) is 31.2 Å². The summed E-state index contributed by atoms with van der Waals surface area (Å²) >= 11 is 0. The quantitative estimate of drug-likeness (QED) is 0.874. The van der Waals surface area contributed by atoms with Gasteiger partial charge in [-0.05, 0) is 30.2 Å². The Hall–Kier alpha value is -2.80. The van der Waals surface area contributed by atoms with Gasteiger partial charge in [0.15, 0.2) is 0 Å². The molecule has 0 saturated carbocycles. The van der Waals surface area contributed by atoms with Crippen LogP contribution in [0.2, 0.25) is 0 Å². The van der Waals surface area contributed by atoms with Gasteiger partial charge in [0, 0.05) is 19.2 Å². The number of hydrogen-bond acceptors (Lipinski definition) is 3. The van der Waals surface area contributed by atoms with E-state index in [9.17, 15) is 18.4 Å². The van der Waals surface area contributed by atoms with E-state index < -0.39 is 23.6 Å². The molecule has 0 unspecified atom stereocenters. The summed E-state index contributed by atoms with van der Waals surface area (Å²) in [6.07, 6.45) is 0. The van der Waals surface area contributed by atoms with Gasteiger partial charge in [-0.2, -0.15) is 0 Å². The lowest BCUT2D eigenvalue weighted by molar-refractivity contribution is -0.155. The number of aryl methyl sites for hydroxylation is 1. The third-order valence-electron chi connectivity index (χ3n) is 4.36. The van der Waals surface area contributed by atoms with Crippen LogP contribution in [0, 0.1) is 18.6 Å². The number of nitrogens with one attached hydrogen (secondary N) is 1. The Morgan fingerprint density at radius 2 is 1.81 bits per heavy atom. The number of carbonyl (C=O) groups is 2. The molecule has 1 aliphatic rings. The molecular formula is C20H20F2N2O3. The van der Waals surface area contributed by atoms with Crippen molar-refractivity contribution in [1.82, 2.24) is 10.2 Å². The van der Waals surface area contributed by atoms with Crippen LogP contribution in [0.4, 0.5) is 8.78 Å². The minimum atomic E-state index is -0.800. The zero-order valence-electron chi connectivity index (χ0n) is 14.9. The van der Waals surface area contributed by atoms with Crippen molar-refractivity contribution in [2.45, 2.75) is 26.1 Å². The van der Waals surface area contributed by atoms with Gasteiger partial charge in [-0.15, -0.1) is 0 Å². The number of amides is 2. The van der Waals surface area contributed by atoms with Gasteiger partial charge in [0.1, 0.15) is 24.3 Å². The van der Waals surface area contributed by atoms with E-state index in [2.05, 4.69) is 5.32 Å². The lowest BCUT2D eigenvalue weighted by atomic mass is 10.1. The zero-order valence-corrected chi connectivity index (χ0v) is 14.9. The van der Waals surface area contributed by atoms with Gasteiger partial charge in [-0.25, -0.2) is 8.78 Å². The maximum Gasteiger partial charge on any atom is 0.249 e. The van der Waals surface area contributed by atoms with Gasteiger partial charge in [0.25, 0.3) is 0 Å². The lowest BCUT2D eigenvalue weighted by Gasteiger charge is -2.34. The standard InChI is InChI=1S/C20H20F2N2O3/c1-13-2-4-14(5-3-13)10-24-18(11-27-12-19(24)25)20(26)23-9-15-6-16(21)8-17(22)7-15/h2-8,18H,9-12H2,1H3,(H,23,26)/t18-/m0/s1. The maximum atomic E-state index is 13.3. The summed E-state index contributed by atoms with van der Waals surface area (Å²) in [7, 11) is 0. The molecule has 0 bridgehead atoms. The van der Waals surface area contributed by atoms with Gasteiger partial charge in [-0.1, -0.05) is 29.8 Å². The van der Waals surface area contributed by atoms with Gasteiger partial charge >= 0.3 is 0 Å². The second kappa shape index (κ2) is 8.26. The molecule has 0 spiro atoms. The largest absolute Gasteiger partial charge is 0.369 e. The van der Waals surface area contributed by atoms with Crippen molar-refractivity contribution in [3.63, 3.8) is 0 Å². The molecule has 2 aromatic rings. The Labute approximate surface area is 155 Å². The number of ether oxygens (including phenoxy) is 1. The Morgan fingerprint density at radius 3 is 2.48 bits per heavy atom. The van der Waals surface area contributed by atoms with Crippen LogP contribution < -0.4 is 5.32 Å². The predicted molar refractivity (Wildman–Crippen MR) is 94.5 cm³/mol. The molecular weight excluding hydrogens is 354 g/mol. The second-order valence-corrected chi connectivity index (χ2v) is 6.53. The predicted octanol–water partition coefficient (Wildman–Crippen LogP) is 2.32. The maximum absolute atomic E-state index is 13.3. The highest BCUT2D eigenvalue weighted by Gasteiger charge is 2.33. The van der Waals surface area contributed by atoms with Crippen LogP contribution in [0.15, 0.2) is 42.5 Å². The average Bonchev–Trinajstić information content (AvgIpc) is 2.62.